The predicted molar refractivity (Wildman–Crippen MR) is 79.0 cm³/mol. The zero-order valence-electron chi connectivity index (χ0n) is 12.2. The molecule has 0 spiro atoms. The van der Waals surface area contributed by atoms with E-state index in [1.54, 1.807) is 12.0 Å². The third kappa shape index (κ3) is 2.93. The zero-order chi connectivity index (χ0) is 14.8. The standard InChI is InChI=1S/C16H20N2O3/c1-21-9-8-11-4-2-3-5-13(11)18-10-14(19)17-15(16(18)20)12-6-7-12/h2-5,12,15H,6-10H2,1H3,(H,17,19). The second-order valence-corrected chi connectivity index (χ2v) is 5.68. The van der Waals surface area contributed by atoms with Crippen LogP contribution in [0.3, 0.4) is 0 Å². The van der Waals surface area contributed by atoms with Gasteiger partial charge in [-0.3, -0.25) is 9.59 Å². The molecule has 0 radical (unpaired) electrons. The maximum atomic E-state index is 12.7. The molecule has 1 unspecified atom stereocenters. The topological polar surface area (TPSA) is 58.6 Å². The number of benzene rings is 1. The number of hydrogen-bond acceptors (Lipinski definition) is 3. The van der Waals surface area contributed by atoms with E-state index < -0.39 is 0 Å². The molecule has 1 aromatic carbocycles. The van der Waals surface area contributed by atoms with Crippen LogP contribution in [-0.4, -0.2) is 38.1 Å². The van der Waals surface area contributed by atoms with E-state index in [9.17, 15) is 9.59 Å². The summed E-state index contributed by atoms with van der Waals surface area (Å²) in [6.07, 6.45) is 2.78. The minimum absolute atomic E-state index is 0.0157. The molecule has 1 N–H and O–H groups in total. The van der Waals surface area contributed by atoms with Gasteiger partial charge in [0, 0.05) is 12.8 Å². The largest absolute Gasteiger partial charge is 0.384 e. The highest BCUT2D eigenvalue weighted by Gasteiger charge is 2.43. The van der Waals surface area contributed by atoms with Crippen molar-refractivity contribution in [3.63, 3.8) is 0 Å². The van der Waals surface area contributed by atoms with Crippen LogP contribution in [0.1, 0.15) is 18.4 Å². The molecule has 1 aliphatic heterocycles. The molecule has 21 heavy (non-hydrogen) atoms. The van der Waals surface area contributed by atoms with Crippen LogP contribution in [0.4, 0.5) is 5.69 Å². The van der Waals surface area contributed by atoms with E-state index in [0.29, 0.717) is 12.5 Å². The number of hydrogen-bond donors (Lipinski definition) is 1. The fraction of sp³-hybridized carbons (Fsp3) is 0.500. The quantitative estimate of drug-likeness (QED) is 0.883. The molecule has 1 aromatic rings. The van der Waals surface area contributed by atoms with Crippen molar-refractivity contribution in [2.24, 2.45) is 5.92 Å². The molecule has 2 aliphatic rings. The molecule has 112 valence electrons. The Morgan fingerprint density at radius 1 is 1.29 bits per heavy atom. The van der Waals surface area contributed by atoms with Gasteiger partial charge in [-0.25, -0.2) is 0 Å². The number of nitrogens with one attached hydrogen (secondary N) is 1. The van der Waals surface area contributed by atoms with Gasteiger partial charge in [-0.2, -0.15) is 0 Å². The number of anilines is 1. The highest BCUT2D eigenvalue weighted by Crippen LogP contribution is 2.35. The first-order valence-electron chi connectivity index (χ1n) is 7.38. The van der Waals surface area contributed by atoms with Crippen molar-refractivity contribution in [1.82, 2.24) is 5.32 Å². The normalized spacial score (nSPS) is 22.3. The molecule has 1 atom stereocenters. The molecule has 2 amide bonds. The van der Waals surface area contributed by atoms with Crippen LogP contribution in [-0.2, 0) is 20.7 Å². The second kappa shape index (κ2) is 5.85. The average molecular weight is 288 g/mol. The Bertz CT molecular complexity index is 554. The summed E-state index contributed by atoms with van der Waals surface area (Å²) in [6.45, 7) is 0.698. The Hall–Kier alpha value is -1.88. The molecule has 1 saturated heterocycles. The SMILES string of the molecule is COCCc1ccccc1N1CC(=O)NC(C2CC2)C1=O. The lowest BCUT2D eigenvalue weighted by Gasteiger charge is -2.33. The summed E-state index contributed by atoms with van der Waals surface area (Å²) in [6, 6.07) is 7.40. The van der Waals surface area contributed by atoms with Crippen molar-refractivity contribution in [3.8, 4) is 0 Å². The Balaban J connectivity index is 1.87. The summed E-state index contributed by atoms with van der Waals surface area (Å²) in [5, 5.41) is 2.84. The zero-order valence-corrected chi connectivity index (χ0v) is 12.2. The second-order valence-electron chi connectivity index (χ2n) is 5.68. The molecule has 5 nitrogen and oxygen atoms in total. The number of rotatable bonds is 5. The average Bonchev–Trinajstić information content (AvgIpc) is 3.32. The van der Waals surface area contributed by atoms with Gasteiger partial charge in [-0.1, -0.05) is 18.2 Å². The maximum Gasteiger partial charge on any atom is 0.250 e. The Morgan fingerprint density at radius 2 is 2.05 bits per heavy atom. The fourth-order valence-electron chi connectivity index (χ4n) is 2.82. The van der Waals surface area contributed by atoms with Crippen LogP contribution >= 0.6 is 0 Å². The fourth-order valence-corrected chi connectivity index (χ4v) is 2.82. The van der Waals surface area contributed by atoms with E-state index in [1.165, 1.54) is 0 Å². The van der Waals surface area contributed by atoms with Gasteiger partial charge in [0.25, 0.3) is 0 Å². The number of ether oxygens (including phenoxy) is 1. The van der Waals surface area contributed by atoms with Gasteiger partial charge in [-0.15, -0.1) is 0 Å². The number of carbonyl (C=O) groups is 2. The monoisotopic (exact) mass is 288 g/mol. The molecule has 0 aromatic heterocycles. The van der Waals surface area contributed by atoms with E-state index in [1.807, 2.05) is 24.3 Å². The first kappa shape index (κ1) is 14.1. The molecular formula is C16H20N2O3. The first-order valence-corrected chi connectivity index (χ1v) is 7.38. The molecule has 5 heteroatoms. The van der Waals surface area contributed by atoms with Crippen LogP contribution in [0.15, 0.2) is 24.3 Å². The predicted octanol–water partition coefficient (Wildman–Crippen LogP) is 1.12. The molecule has 1 heterocycles. The van der Waals surface area contributed by atoms with Crippen molar-refractivity contribution >= 4 is 17.5 Å². The summed E-state index contributed by atoms with van der Waals surface area (Å²) in [7, 11) is 1.66. The van der Waals surface area contributed by atoms with Crippen LogP contribution in [0.5, 0.6) is 0 Å². The number of amides is 2. The summed E-state index contributed by atoms with van der Waals surface area (Å²) < 4.78 is 5.12. The van der Waals surface area contributed by atoms with Crippen molar-refractivity contribution in [1.29, 1.82) is 0 Å². The van der Waals surface area contributed by atoms with Crippen molar-refractivity contribution < 1.29 is 14.3 Å². The summed E-state index contributed by atoms with van der Waals surface area (Å²) >= 11 is 0. The summed E-state index contributed by atoms with van der Waals surface area (Å²) in [5.74, 6) is 0.255. The lowest BCUT2D eigenvalue weighted by atomic mass is 10.0. The van der Waals surface area contributed by atoms with E-state index >= 15 is 0 Å². The van der Waals surface area contributed by atoms with Crippen LogP contribution in [0, 0.1) is 5.92 Å². The molecule has 1 aliphatic carbocycles. The minimum Gasteiger partial charge on any atom is -0.384 e. The van der Waals surface area contributed by atoms with Gasteiger partial charge in [0.1, 0.15) is 12.6 Å². The molecular weight excluding hydrogens is 268 g/mol. The Morgan fingerprint density at radius 3 is 2.76 bits per heavy atom. The van der Waals surface area contributed by atoms with Gasteiger partial charge in [0.2, 0.25) is 11.8 Å². The van der Waals surface area contributed by atoms with E-state index in [2.05, 4.69) is 5.32 Å². The smallest absolute Gasteiger partial charge is 0.250 e. The van der Waals surface area contributed by atoms with E-state index in [4.69, 9.17) is 4.74 Å². The Labute approximate surface area is 124 Å². The van der Waals surface area contributed by atoms with Crippen LogP contribution in [0.2, 0.25) is 0 Å². The van der Waals surface area contributed by atoms with Crippen LogP contribution in [0.25, 0.3) is 0 Å². The number of methoxy groups -OCH3 is 1. The lowest BCUT2D eigenvalue weighted by molar-refractivity contribution is -0.131. The number of carbonyl (C=O) groups excluding carboxylic acids is 2. The molecule has 2 fully saturated rings. The lowest BCUT2D eigenvalue weighted by Crippen LogP contribution is -2.59. The van der Waals surface area contributed by atoms with E-state index in [-0.39, 0.29) is 24.4 Å². The molecule has 0 bridgehead atoms. The number of piperazine rings is 1. The highest BCUT2D eigenvalue weighted by molar-refractivity contribution is 6.07. The van der Waals surface area contributed by atoms with Gasteiger partial charge in [-0.05, 0) is 36.8 Å². The molecule has 3 rings (SSSR count). The highest BCUT2D eigenvalue weighted by atomic mass is 16.5. The van der Waals surface area contributed by atoms with Gasteiger partial charge in [0.15, 0.2) is 0 Å². The summed E-state index contributed by atoms with van der Waals surface area (Å²) in [5.41, 5.74) is 1.87. The number of nitrogens with zero attached hydrogens (tertiary/aromatic N) is 1. The maximum absolute atomic E-state index is 12.7. The van der Waals surface area contributed by atoms with Crippen molar-refractivity contribution in [2.45, 2.75) is 25.3 Å². The first-order chi connectivity index (χ1) is 10.2. The Kier molecular flexibility index (Phi) is 3.92. The van der Waals surface area contributed by atoms with Crippen LogP contribution < -0.4 is 10.2 Å². The third-order valence-electron chi connectivity index (χ3n) is 4.10. The molecule has 1 saturated carbocycles. The van der Waals surface area contributed by atoms with Gasteiger partial charge < -0.3 is 15.0 Å². The third-order valence-corrected chi connectivity index (χ3v) is 4.10. The van der Waals surface area contributed by atoms with Gasteiger partial charge in [0.05, 0.1) is 6.61 Å². The van der Waals surface area contributed by atoms with Gasteiger partial charge >= 0.3 is 0 Å². The summed E-state index contributed by atoms with van der Waals surface area (Å²) in [4.78, 5) is 26.2. The number of para-hydroxylation sites is 1. The minimum atomic E-state index is -0.346. The van der Waals surface area contributed by atoms with Crippen molar-refractivity contribution in [3.05, 3.63) is 29.8 Å². The van der Waals surface area contributed by atoms with E-state index in [0.717, 1.165) is 30.5 Å². The van der Waals surface area contributed by atoms with Crippen molar-refractivity contribution in [2.75, 3.05) is 25.2 Å².